The molecule has 2 aliphatic rings. The molecule has 5 heteroatoms. The molecule has 0 aliphatic carbocycles. The Bertz CT molecular complexity index is 529. The predicted octanol–water partition coefficient (Wildman–Crippen LogP) is 2.07. The molecular formula is C18H26N2O3. The van der Waals surface area contributed by atoms with Gasteiger partial charge in [0, 0.05) is 31.3 Å². The molecule has 2 unspecified atom stereocenters. The second-order valence-corrected chi connectivity index (χ2v) is 6.35. The zero-order chi connectivity index (χ0) is 16.1. The minimum absolute atomic E-state index is 0.0903. The van der Waals surface area contributed by atoms with Gasteiger partial charge in [0.15, 0.2) is 0 Å². The highest BCUT2D eigenvalue weighted by molar-refractivity contribution is 5.94. The van der Waals surface area contributed by atoms with Crippen molar-refractivity contribution in [3.8, 4) is 5.75 Å². The summed E-state index contributed by atoms with van der Waals surface area (Å²) in [4.78, 5) is 14.6. The molecule has 2 atom stereocenters. The van der Waals surface area contributed by atoms with Crippen LogP contribution in [0.3, 0.4) is 0 Å². The van der Waals surface area contributed by atoms with Crippen LogP contribution < -0.4 is 10.1 Å². The summed E-state index contributed by atoms with van der Waals surface area (Å²) in [6.07, 6.45) is 4.52. The molecular weight excluding hydrogens is 292 g/mol. The van der Waals surface area contributed by atoms with Crippen molar-refractivity contribution >= 4 is 5.91 Å². The lowest BCUT2D eigenvalue weighted by molar-refractivity contribution is 0.0672. The van der Waals surface area contributed by atoms with Gasteiger partial charge in [-0.15, -0.1) is 0 Å². The van der Waals surface area contributed by atoms with E-state index in [1.807, 2.05) is 36.2 Å². The van der Waals surface area contributed by atoms with Crippen molar-refractivity contribution in [2.45, 2.75) is 37.8 Å². The van der Waals surface area contributed by atoms with Crippen LogP contribution in [0.2, 0.25) is 0 Å². The number of benzene rings is 1. The Hall–Kier alpha value is -1.59. The molecule has 23 heavy (non-hydrogen) atoms. The number of hydrogen-bond donors (Lipinski definition) is 1. The molecule has 1 aromatic rings. The molecule has 0 radical (unpaired) electrons. The van der Waals surface area contributed by atoms with Crippen LogP contribution in [0.4, 0.5) is 0 Å². The number of carbonyl (C=O) groups is 1. The van der Waals surface area contributed by atoms with E-state index in [0.29, 0.717) is 18.2 Å². The van der Waals surface area contributed by atoms with Gasteiger partial charge in [0.05, 0.1) is 6.10 Å². The predicted molar refractivity (Wildman–Crippen MR) is 88.9 cm³/mol. The Morgan fingerprint density at radius 2 is 2.30 bits per heavy atom. The van der Waals surface area contributed by atoms with Gasteiger partial charge in [-0.1, -0.05) is 6.07 Å². The van der Waals surface area contributed by atoms with Crippen molar-refractivity contribution in [1.82, 2.24) is 10.2 Å². The summed E-state index contributed by atoms with van der Waals surface area (Å²) < 4.78 is 11.4. The summed E-state index contributed by atoms with van der Waals surface area (Å²) in [5, 5.41) is 3.27. The normalized spacial score (nSPS) is 24.7. The van der Waals surface area contributed by atoms with Crippen molar-refractivity contribution < 1.29 is 14.3 Å². The van der Waals surface area contributed by atoms with Crippen LogP contribution in [-0.2, 0) is 4.74 Å². The molecule has 2 saturated heterocycles. The number of likely N-dealkylation sites (tertiary alicyclic amines) is 1. The number of carbonyl (C=O) groups excluding carboxylic acids is 1. The summed E-state index contributed by atoms with van der Waals surface area (Å²) in [6, 6.07) is 7.90. The molecule has 1 amide bonds. The number of hydrogen-bond acceptors (Lipinski definition) is 4. The van der Waals surface area contributed by atoms with Crippen LogP contribution in [0.25, 0.3) is 0 Å². The Labute approximate surface area is 137 Å². The average molecular weight is 318 g/mol. The smallest absolute Gasteiger partial charge is 0.254 e. The molecule has 0 saturated carbocycles. The van der Waals surface area contributed by atoms with Crippen molar-refractivity contribution in [1.29, 1.82) is 0 Å². The van der Waals surface area contributed by atoms with Crippen LogP contribution in [0, 0.1) is 0 Å². The first kappa shape index (κ1) is 16.3. The largest absolute Gasteiger partial charge is 0.491 e. The second kappa shape index (κ2) is 7.79. The third kappa shape index (κ3) is 4.24. The summed E-state index contributed by atoms with van der Waals surface area (Å²) >= 11 is 0. The topological polar surface area (TPSA) is 50.8 Å². The fraction of sp³-hybridized carbons (Fsp3) is 0.611. The number of ether oxygens (including phenoxy) is 2. The van der Waals surface area contributed by atoms with Gasteiger partial charge in [0.2, 0.25) is 0 Å². The maximum absolute atomic E-state index is 12.7. The molecule has 3 rings (SSSR count). The van der Waals surface area contributed by atoms with E-state index in [1.165, 1.54) is 0 Å². The van der Waals surface area contributed by atoms with E-state index < -0.39 is 0 Å². The van der Waals surface area contributed by atoms with Crippen LogP contribution >= 0.6 is 0 Å². The lowest BCUT2D eigenvalue weighted by Crippen LogP contribution is -2.46. The molecule has 2 aliphatic heterocycles. The molecule has 5 nitrogen and oxygen atoms in total. The summed E-state index contributed by atoms with van der Waals surface area (Å²) in [7, 11) is 1.96. The van der Waals surface area contributed by atoms with Gasteiger partial charge in [-0.3, -0.25) is 4.79 Å². The SMILES string of the molecule is CNC1CCCN(C(=O)c2cccc(OCC3CCCO3)c2)C1. The van der Waals surface area contributed by atoms with Gasteiger partial charge >= 0.3 is 0 Å². The maximum Gasteiger partial charge on any atom is 0.254 e. The summed E-state index contributed by atoms with van der Waals surface area (Å²) in [6.45, 7) is 2.99. The van der Waals surface area contributed by atoms with E-state index in [1.54, 1.807) is 0 Å². The Morgan fingerprint density at radius 3 is 3.09 bits per heavy atom. The molecule has 0 bridgehead atoms. The Kier molecular flexibility index (Phi) is 5.51. The molecule has 1 aromatic carbocycles. The minimum atomic E-state index is 0.0903. The van der Waals surface area contributed by atoms with Gasteiger partial charge in [-0.2, -0.15) is 0 Å². The fourth-order valence-corrected chi connectivity index (χ4v) is 3.26. The number of likely N-dealkylation sites (N-methyl/N-ethyl adjacent to an activating group) is 1. The van der Waals surface area contributed by atoms with E-state index in [0.717, 1.165) is 51.1 Å². The van der Waals surface area contributed by atoms with Crippen LogP contribution in [-0.4, -0.2) is 56.3 Å². The zero-order valence-electron chi connectivity index (χ0n) is 13.8. The zero-order valence-corrected chi connectivity index (χ0v) is 13.8. The van der Waals surface area contributed by atoms with Gasteiger partial charge in [0.25, 0.3) is 5.91 Å². The first-order valence-electron chi connectivity index (χ1n) is 8.57. The Balaban J connectivity index is 1.60. The number of rotatable bonds is 5. The quantitative estimate of drug-likeness (QED) is 0.903. The van der Waals surface area contributed by atoms with Gasteiger partial charge in [-0.05, 0) is 50.9 Å². The highest BCUT2D eigenvalue weighted by atomic mass is 16.5. The third-order valence-electron chi connectivity index (χ3n) is 4.66. The summed E-state index contributed by atoms with van der Waals surface area (Å²) in [5.41, 5.74) is 0.701. The van der Waals surface area contributed by atoms with E-state index >= 15 is 0 Å². The number of piperidine rings is 1. The number of nitrogens with zero attached hydrogens (tertiary/aromatic N) is 1. The van der Waals surface area contributed by atoms with Gasteiger partial charge in [-0.25, -0.2) is 0 Å². The minimum Gasteiger partial charge on any atom is -0.491 e. The molecule has 1 N–H and O–H groups in total. The highest BCUT2D eigenvalue weighted by Crippen LogP contribution is 2.19. The Morgan fingerprint density at radius 1 is 1.39 bits per heavy atom. The fourth-order valence-electron chi connectivity index (χ4n) is 3.26. The number of nitrogens with one attached hydrogen (secondary N) is 1. The second-order valence-electron chi connectivity index (χ2n) is 6.35. The van der Waals surface area contributed by atoms with Crippen LogP contribution in [0.15, 0.2) is 24.3 Å². The van der Waals surface area contributed by atoms with E-state index in [-0.39, 0.29) is 12.0 Å². The first-order valence-corrected chi connectivity index (χ1v) is 8.57. The van der Waals surface area contributed by atoms with Crippen LogP contribution in [0.1, 0.15) is 36.0 Å². The lowest BCUT2D eigenvalue weighted by Gasteiger charge is -2.32. The van der Waals surface area contributed by atoms with E-state index in [4.69, 9.17) is 9.47 Å². The average Bonchev–Trinajstić information content (AvgIpc) is 3.13. The molecule has 0 aromatic heterocycles. The molecule has 126 valence electrons. The number of amides is 1. The highest BCUT2D eigenvalue weighted by Gasteiger charge is 2.24. The monoisotopic (exact) mass is 318 g/mol. The lowest BCUT2D eigenvalue weighted by atomic mass is 10.0. The maximum atomic E-state index is 12.7. The third-order valence-corrected chi connectivity index (χ3v) is 4.66. The molecule has 0 spiro atoms. The molecule has 2 fully saturated rings. The van der Waals surface area contributed by atoms with Gasteiger partial charge < -0.3 is 19.7 Å². The van der Waals surface area contributed by atoms with Crippen LogP contribution in [0.5, 0.6) is 5.75 Å². The van der Waals surface area contributed by atoms with Crippen molar-refractivity contribution in [2.75, 3.05) is 33.4 Å². The van der Waals surface area contributed by atoms with Crippen molar-refractivity contribution in [3.63, 3.8) is 0 Å². The molecule has 2 heterocycles. The van der Waals surface area contributed by atoms with Crippen molar-refractivity contribution in [3.05, 3.63) is 29.8 Å². The van der Waals surface area contributed by atoms with Gasteiger partial charge in [0.1, 0.15) is 12.4 Å². The van der Waals surface area contributed by atoms with Crippen molar-refractivity contribution in [2.24, 2.45) is 0 Å². The van der Waals surface area contributed by atoms with E-state index in [2.05, 4.69) is 5.32 Å². The standard InChI is InChI=1S/C18H26N2O3/c1-19-15-6-3-9-20(12-15)18(21)14-5-2-7-16(11-14)23-13-17-8-4-10-22-17/h2,5,7,11,15,17,19H,3-4,6,8-10,12-13H2,1H3. The van der Waals surface area contributed by atoms with E-state index in [9.17, 15) is 4.79 Å². The summed E-state index contributed by atoms with van der Waals surface area (Å²) in [5.74, 6) is 0.834. The first-order chi connectivity index (χ1) is 11.3.